The molecule has 0 unspecified atom stereocenters. The van der Waals surface area contributed by atoms with Crippen LogP contribution in [-0.2, 0) is 6.54 Å². The van der Waals surface area contributed by atoms with Gasteiger partial charge in [0.15, 0.2) is 5.15 Å². The number of nitrogens with zero attached hydrogens (tertiary/aromatic N) is 1. The second kappa shape index (κ2) is 6.02. The van der Waals surface area contributed by atoms with Crippen LogP contribution in [0.4, 0.5) is 5.69 Å². The molecule has 0 fully saturated rings. The minimum atomic E-state index is 0.413. The molecule has 20 heavy (non-hydrogen) atoms. The molecule has 1 aromatic heterocycles. The fourth-order valence-corrected chi connectivity index (χ4v) is 2.80. The molecule has 1 heterocycles. The van der Waals surface area contributed by atoms with Gasteiger partial charge in [-0.05, 0) is 61.6 Å². The fourth-order valence-electron chi connectivity index (χ4n) is 2.20. The number of halogens is 2. The van der Waals surface area contributed by atoms with E-state index in [-0.39, 0.29) is 0 Å². The molecule has 0 radical (unpaired) electrons. The molecule has 4 heteroatoms. The zero-order valence-corrected chi connectivity index (χ0v) is 13.7. The molecule has 1 aromatic carbocycles. The van der Waals surface area contributed by atoms with E-state index in [9.17, 15) is 0 Å². The van der Waals surface area contributed by atoms with Crippen LogP contribution in [0, 0.1) is 27.7 Å². The number of aromatic nitrogens is 1. The fraction of sp³-hybridized carbons (Fsp3) is 0.312. The SMILES string of the molecule is Cc1cc(C)c(CNc2c(C)cc(Cl)nc2Cl)cc1C. The highest BCUT2D eigenvalue weighted by Gasteiger charge is 2.08. The summed E-state index contributed by atoms with van der Waals surface area (Å²) < 4.78 is 0. The second-order valence-corrected chi connectivity index (χ2v) is 5.89. The van der Waals surface area contributed by atoms with Gasteiger partial charge >= 0.3 is 0 Å². The first-order valence-corrected chi connectivity index (χ1v) is 7.27. The summed E-state index contributed by atoms with van der Waals surface area (Å²) in [5, 5.41) is 4.19. The van der Waals surface area contributed by atoms with Crippen molar-refractivity contribution in [2.45, 2.75) is 34.2 Å². The molecule has 1 N–H and O–H groups in total. The van der Waals surface area contributed by atoms with Gasteiger partial charge in [0.1, 0.15) is 5.15 Å². The van der Waals surface area contributed by atoms with Crippen molar-refractivity contribution in [3.05, 3.63) is 56.3 Å². The van der Waals surface area contributed by atoms with E-state index in [2.05, 4.69) is 43.2 Å². The van der Waals surface area contributed by atoms with Gasteiger partial charge in [-0.2, -0.15) is 0 Å². The Morgan fingerprint density at radius 1 is 0.900 bits per heavy atom. The topological polar surface area (TPSA) is 24.9 Å². The highest BCUT2D eigenvalue weighted by Crippen LogP contribution is 2.27. The van der Waals surface area contributed by atoms with Crippen molar-refractivity contribution in [2.75, 3.05) is 5.32 Å². The number of nitrogens with one attached hydrogen (secondary N) is 1. The van der Waals surface area contributed by atoms with Crippen molar-refractivity contribution in [1.29, 1.82) is 0 Å². The number of anilines is 1. The Balaban J connectivity index is 2.23. The molecule has 2 nitrogen and oxygen atoms in total. The predicted octanol–water partition coefficient (Wildman–Crippen LogP) is 5.23. The standard InChI is InChI=1S/C16H18Cl2N2/c1-9-5-11(3)13(6-10(9)2)8-19-15-12(4)7-14(17)20-16(15)18/h5-7,19H,8H2,1-4H3. The molecule has 2 rings (SSSR count). The minimum Gasteiger partial charge on any atom is -0.378 e. The summed E-state index contributed by atoms with van der Waals surface area (Å²) in [6, 6.07) is 6.23. The molecular formula is C16H18Cl2N2. The first-order valence-electron chi connectivity index (χ1n) is 6.51. The van der Waals surface area contributed by atoms with Crippen molar-refractivity contribution >= 4 is 28.9 Å². The van der Waals surface area contributed by atoms with Crippen LogP contribution in [0.5, 0.6) is 0 Å². The first-order chi connectivity index (χ1) is 9.38. The summed E-state index contributed by atoms with van der Waals surface area (Å²) in [6.07, 6.45) is 0. The molecule has 0 aliphatic rings. The highest BCUT2D eigenvalue weighted by molar-refractivity contribution is 6.34. The largest absolute Gasteiger partial charge is 0.378 e. The minimum absolute atomic E-state index is 0.413. The summed E-state index contributed by atoms with van der Waals surface area (Å²) in [6.45, 7) is 9.06. The maximum absolute atomic E-state index is 6.14. The smallest absolute Gasteiger partial charge is 0.154 e. The zero-order valence-electron chi connectivity index (χ0n) is 12.1. The van der Waals surface area contributed by atoms with E-state index in [1.54, 1.807) is 0 Å². The van der Waals surface area contributed by atoms with Crippen molar-refractivity contribution in [1.82, 2.24) is 4.98 Å². The van der Waals surface area contributed by atoms with Crippen LogP contribution in [0.15, 0.2) is 18.2 Å². The number of rotatable bonds is 3. The highest BCUT2D eigenvalue weighted by atomic mass is 35.5. The Morgan fingerprint density at radius 2 is 1.55 bits per heavy atom. The van der Waals surface area contributed by atoms with E-state index in [0.717, 1.165) is 17.8 Å². The van der Waals surface area contributed by atoms with Gasteiger partial charge < -0.3 is 5.32 Å². The summed E-state index contributed by atoms with van der Waals surface area (Å²) in [7, 11) is 0. The molecule has 0 spiro atoms. The van der Waals surface area contributed by atoms with Crippen molar-refractivity contribution < 1.29 is 0 Å². The molecule has 0 bridgehead atoms. The van der Waals surface area contributed by atoms with Gasteiger partial charge in [0.05, 0.1) is 5.69 Å². The maximum atomic E-state index is 6.14. The third-order valence-corrected chi connectivity index (χ3v) is 4.02. The van der Waals surface area contributed by atoms with Gasteiger partial charge in [-0.1, -0.05) is 35.3 Å². The summed E-state index contributed by atoms with van der Waals surface area (Å²) in [4.78, 5) is 4.07. The molecule has 0 amide bonds. The van der Waals surface area contributed by atoms with Gasteiger partial charge in [0, 0.05) is 6.54 Å². The number of benzene rings is 1. The average Bonchev–Trinajstić information content (AvgIpc) is 2.33. The van der Waals surface area contributed by atoms with Gasteiger partial charge in [0.25, 0.3) is 0 Å². The lowest BCUT2D eigenvalue weighted by atomic mass is 10.0. The third-order valence-electron chi connectivity index (χ3n) is 3.55. The number of hydrogen-bond donors (Lipinski definition) is 1. The van der Waals surface area contributed by atoms with Crippen LogP contribution in [0.1, 0.15) is 27.8 Å². The van der Waals surface area contributed by atoms with Crippen molar-refractivity contribution in [2.24, 2.45) is 0 Å². The van der Waals surface area contributed by atoms with Gasteiger partial charge in [-0.15, -0.1) is 0 Å². The maximum Gasteiger partial charge on any atom is 0.154 e. The van der Waals surface area contributed by atoms with Crippen LogP contribution in [-0.4, -0.2) is 4.98 Å². The first kappa shape index (κ1) is 15.1. The van der Waals surface area contributed by atoms with Crippen molar-refractivity contribution in [3.8, 4) is 0 Å². The number of hydrogen-bond acceptors (Lipinski definition) is 2. The quantitative estimate of drug-likeness (QED) is 0.785. The lowest BCUT2D eigenvalue weighted by Gasteiger charge is -2.14. The Kier molecular flexibility index (Phi) is 4.56. The molecule has 2 aromatic rings. The van der Waals surface area contributed by atoms with Gasteiger partial charge in [-0.25, -0.2) is 4.98 Å². The third kappa shape index (κ3) is 3.25. The van der Waals surface area contributed by atoms with Crippen LogP contribution in [0.3, 0.4) is 0 Å². The van der Waals surface area contributed by atoms with Crippen molar-refractivity contribution in [3.63, 3.8) is 0 Å². The Labute approximate surface area is 130 Å². The summed E-state index contributed by atoms with van der Waals surface area (Å²) in [5.41, 5.74) is 6.98. The van der Waals surface area contributed by atoms with E-state index in [4.69, 9.17) is 23.2 Å². The molecule has 0 atom stereocenters. The van der Waals surface area contributed by atoms with Crippen LogP contribution in [0.25, 0.3) is 0 Å². The van der Waals surface area contributed by atoms with Crippen LogP contribution < -0.4 is 5.32 Å². The second-order valence-electron chi connectivity index (χ2n) is 5.14. The predicted molar refractivity (Wildman–Crippen MR) is 87.0 cm³/mol. The molecule has 0 saturated carbocycles. The Bertz CT molecular complexity index is 628. The Morgan fingerprint density at radius 3 is 2.20 bits per heavy atom. The summed E-state index contributed by atoms with van der Waals surface area (Å²) in [5.74, 6) is 0. The molecule has 0 aliphatic carbocycles. The van der Waals surface area contributed by atoms with E-state index in [0.29, 0.717) is 10.3 Å². The van der Waals surface area contributed by atoms with Gasteiger partial charge in [0.2, 0.25) is 0 Å². The van der Waals surface area contributed by atoms with Gasteiger partial charge in [-0.3, -0.25) is 0 Å². The lowest BCUT2D eigenvalue weighted by Crippen LogP contribution is -2.05. The van der Waals surface area contributed by atoms with Crippen LogP contribution >= 0.6 is 23.2 Å². The normalized spacial score (nSPS) is 10.7. The number of aryl methyl sites for hydroxylation is 4. The Hall–Kier alpha value is -1.25. The molecule has 106 valence electrons. The summed E-state index contributed by atoms with van der Waals surface area (Å²) >= 11 is 12.0. The van der Waals surface area contributed by atoms with Crippen LogP contribution in [0.2, 0.25) is 10.3 Å². The monoisotopic (exact) mass is 308 g/mol. The average molecular weight is 309 g/mol. The van der Waals surface area contributed by atoms with E-state index in [1.165, 1.54) is 22.3 Å². The van der Waals surface area contributed by atoms with E-state index < -0.39 is 0 Å². The lowest BCUT2D eigenvalue weighted by molar-refractivity contribution is 1.09. The number of pyridine rings is 1. The molecule has 0 aliphatic heterocycles. The van der Waals surface area contributed by atoms with E-state index >= 15 is 0 Å². The van der Waals surface area contributed by atoms with E-state index in [1.807, 2.05) is 13.0 Å². The zero-order chi connectivity index (χ0) is 14.9. The molecular weight excluding hydrogens is 291 g/mol. The molecule has 0 saturated heterocycles.